The fourth-order valence-corrected chi connectivity index (χ4v) is 4.05. The predicted octanol–water partition coefficient (Wildman–Crippen LogP) is 1.79. The lowest BCUT2D eigenvalue weighted by atomic mass is 10.2. The summed E-state index contributed by atoms with van der Waals surface area (Å²) in [6.07, 6.45) is 1.48. The van der Waals surface area contributed by atoms with Crippen molar-refractivity contribution in [2.75, 3.05) is 25.0 Å². The summed E-state index contributed by atoms with van der Waals surface area (Å²) in [6, 6.07) is 8.22. The molecule has 1 heterocycles. The lowest BCUT2D eigenvalue weighted by Crippen LogP contribution is -2.33. The number of ether oxygens (including phenoxy) is 1. The van der Waals surface area contributed by atoms with Gasteiger partial charge in [-0.1, -0.05) is 6.07 Å². The summed E-state index contributed by atoms with van der Waals surface area (Å²) < 4.78 is 58.9. The molecular formula is C20H21F2N3O5S. The quantitative estimate of drug-likeness (QED) is 0.564. The molecule has 31 heavy (non-hydrogen) atoms. The number of carbonyl (C=O) groups excluding carboxylic acids is 2. The van der Waals surface area contributed by atoms with E-state index in [-0.39, 0.29) is 28.8 Å². The molecule has 0 spiro atoms. The maximum absolute atomic E-state index is 13.2. The largest absolute Gasteiger partial charge is 0.377 e. The molecule has 166 valence electrons. The zero-order valence-corrected chi connectivity index (χ0v) is 17.2. The van der Waals surface area contributed by atoms with Crippen molar-refractivity contribution < 1.29 is 31.5 Å². The first-order chi connectivity index (χ1) is 14.7. The molecule has 0 unspecified atom stereocenters. The van der Waals surface area contributed by atoms with Crippen molar-refractivity contribution in [1.82, 2.24) is 10.0 Å². The fraction of sp³-hybridized carbons (Fsp3) is 0.300. The second-order valence-corrected chi connectivity index (χ2v) is 8.64. The summed E-state index contributed by atoms with van der Waals surface area (Å²) in [5, 5.41) is 4.66. The Hall–Kier alpha value is -2.89. The number of sulfonamides is 1. The third-order valence-corrected chi connectivity index (χ3v) is 5.97. The standard InChI is InChI=1S/C20H21F2N3O5S/c21-17-7-6-14(10-18(17)22)25-19(26)12-23-20(27)13-3-1-5-16(9-13)31(28,29)24-11-15-4-2-8-30-15/h1,3,5-7,9-10,15,24H,2,4,8,11-12H2,(H,23,27)(H,25,26)/t15-/m0/s1. The number of nitrogens with one attached hydrogen (secondary N) is 3. The topological polar surface area (TPSA) is 114 Å². The van der Waals surface area contributed by atoms with E-state index in [1.807, 2.05) is 0 Å². The van der Waals surface area contributed by atoms with Crippen LogP contribution in [0, 0.1) is 11.6 Å². The molecule has 2 aromatic carbocycles. The van der Waals surface area contributed by atoms with Crippen molar-refractivity contribution >= 4 is 27.5 Å². The Morgan fingerprint density at radius 2 is 1.90 bits per heavy atom. The Bertz CT molecular complexity index is 1070. The van der Waals surface area contributed by atoms with E-state index >= 15 is 0 Å². The van der Waals surface area contributed by atoms with Gasteiger partial charge in [-0.2, -0.15) is 0 Å². The van der Waals surface area contributed by atoms with E-state index in [1.165, 1.54) is 30.3 Å². The van der Waals surface area contributed by atoms with Gasteiger partial charge in [-0.05, 0) is 43.2 Å². The van der Waals surface area contributed by atoms with Gasteiger partial charge in [-0.25, -0.2) is 21.9 Å². The molecule has 0 saturated carbocycles. The van der Waals surface area contributed by atoms with Crippen LogP contribution in [0.2, 0.25) is 0 Å². The van der Waals surface area contributed by atoms with Crippen LogP contribution in [-0.4, -0.2) is 46.0 Å². The van der Waals surface area contributed by atoms with Gasteiger partial charge in [0.2, 0.25) is 15.9 Å². The highest BCUT2D eigenvalue weighted by Gasteiger charge is 2.21. The van der Waals surface area contributed by atoms with Crippen LogP contribution >= 0.6 is 0 Å². The Kier molecular flexibility index (Phi) is 7.31. The SMILES string of the molecule is O=C(CNC(=O)c1cccc(S(=O)(=O)NC[C@@H]2CCCO2)c1)Nc1ccc(F)c(F)c1. The average molecular weight is 453 g/mol. The molecular weight excluding hydrogens is 432 g/mol. The molecule has 0 bridgehead atoms. The molecule has 1 aliphatic heterocycles. The number of benzene rings is 2. The summed E-state index contributed by atoms with van der Waals surface area (Å²) in [6.45, 7) is 0.292. The van der Waals surface area contributed by atoms with E-state index in [9.17, 15) is 26.8 Å². The highest BCUT2D eigenvalue weighted by atomic mass is 32.2. The molecule has 1 atom stereocenters. The second kappa shape index (κ2) is 9.94. The van der Waals surface area contributed by atoms with Gasteiger partial charge in [0.15, 0.2) is 11.6 Å². The van der Waals surface area contributed by atoms with E-state index in [2.05, 4.69) is 15.4 Å². The van der Waals surface area contributed by atoms with Gasteiger partial charge in [0.25, 0.3) is 5.91 Å². The van der Waals surface area contributed by atoms with E-state index in [0.29, 0.717) is 6.61 Å². The van der Waals surface area contributed by atoms with Crippen LogP contribution in [0.15, 0.2) is 47.4 Å². The van der Waals surface area contributed by atoms with Crippen LogP contribution in [0.3, 0.4) is 0 Å². The lowest BCUT2D eigenvalue weighted by molar-refractivity contribution is -0.115. The average Bonchev–Trinajstić information content (AvgIpc) is 3.27. The van der Waals surface area contributed by atoms with Crippen LogP contribution in [0.1, 0.15) is 23.2 Å². The maximum Gasteiger partial charge on any atom is 0.251 e. The van der Waals surface area contributed by atoms with Gasteiger partial charge in [-0.15, -0.1) is 0 Å². The molecule has 0 radical (unpaired) electrons. The van der Waals surface area contributed by atoms with Gasteiger partial charge < -0.3 is 15.4 Å². The lowest BCUT2D eigenvalue weighted by Gasteiger charge is -2.12. The fourth-order valence-electron chi connectivity index (χ4n) is 2.94. The van der Waals surface area contributed by atoms with Crippen LogP contribution in [-0.2, 0) is 19.6 Å². The van der Waals surface area contributed by atoms with Gasteiger partial charge in [0.05, 0.1) is 17.5 Å². The molecule has 1 aliphatic rings. The number of amides is 2. The minimum atomic E-state index is -3.84. The van der Waals surface area contributed by atoms with Crippen molar-refractivity contribution in [3.05, 3.63) is 59.7 Å². The maximum atomic E-state index is 13.2. The van der Waals surface area contributed by atoms with Gasteiger partial charge >= 0.3 is 0 Å². The number of hydrogen-bond acceptors (Lipinski definition) is 5. The van der Waals surface area contributed by atoms with Crippen molar-refractivity contribution in [3.8, 4) is 0 Å². The number of hydrogen-bond donors (Lipinski definition) is 3. The predicted molar refractivity (Wildman–Crippen MR) is 108 cm³/mol. The molecule has 2 amide bonds. The molecule has 0 aromatic heterocycles. The summed E-state index contributed by atoms with van der Waals surface area (Å²) in [4.78, 5) is 24.1. The third kappa shape index (κ3) is 6.29. The first-order valence-corrected chi connectivity index (χ1v) is 11.0. The monoisotopic (exact) mass is 453 g/mol. The Labute approximate surface area is 178 Å². The third-order valence-electron chi connectivity index (χ3n) is 4.54. The molecule has 8 nitrogen and oxygen atoms in total. The van der Waals surface area contributed by atoms with Gasteiger partial charge in [0, 0.05) is 30.5 Å². The van der Waals surface area contributed by atoms with Crippen molar-refractivity contribution in [2.45, 2.75) is 23.8 Å². The molecule has 3 N–H and O–H groups in total. The van der Waals surface area contributed by atoms with Gasteiger partial charge in [0.1, 0.15) is 0 Å². The molecule has 3 rings (SSSR count). The first kappa shape index (κ1) is 22.8. The van der Waals surface area contributed by atoms with E-state index in [1.54, 1.807) is 0 Å². The Morgan fingerprint density at radius 1 is 1.10 bits per heavy atom. The molecule has 11 heteroatoms. The van der Waals surface area contributed by atoms with Crippen LogP contribution in [0.25, 0.3) is 0 Å². The van der Waals surface area contributed by atoms with Crippen molar-refractivity contribution in [2.24, 2.45) is 0 Å². The van der Waals surface area contributed by atoms with E-state index in [0.717, 1.165) is 25.0 Å². The normalized spacial score (nSPS) is 16.1. The molecule has 2 aromatic rings. The van der Waals surface area contributed by atoms with Gasteiger partial charge in [-0.3, -0.25) is 9.59 Å². The molecule has 0 aliphatic carbocycles. The number of halogens is 2. The number of rotatable bonds is 8. The summed E-state index contributed by atoms with van der Waals surface area (Å²) in [7, 11) is -3.84. The van der Waals surface area contributed by atoms with Crippen molar-refractivity contribution in [3.63, 3.8) is 0 Å². The van der Waals surface area contributed by atoms with Crippen LogP contribution in [0.4, 0.5) is 14.5 Å². The Morgan fingerprint density at radius 3 is 2.61 bits per heavy atom. The smallest absolute Gasteiger partial charge is 0.251 e. The van der Waals surface area contributed by atoms with E-state index < -0.39 is 40.0 Å². The Balaban J connectivity index is 1.56. The highest BCUT2D eigenvalue weighted by Crippen LogP contribution is 2.15. The molecule has 1 saturated heterocycles. The minimum absolute atomic E-state index is 0.0311. The van der Waals surface area contributed by atoms with Crippen molar-refractivity contribution in [1.29, 1.82) is 0 Å². The zero-order chi connectivity index (χ0) is 22.4. The highest BCUT2D eigenvalue weighted by molar-refractivity contribution is 7.89. The van der Waals surface area contributed by atoms with E-state index in [4.69, 9.17) is 4.74 Å². The summed E-state index contributed by atoms with van der Waals surface area (Å²) in [5.74, 6) is -3.50. The first-order valence-electron chi connectivity index (χ1n) is 9.49. The molecule has 1 fully saturated rings. The van der Waals surface area contributed by atoms with Crippen LogP contribution in [0.5, 0.6) is 0 Å². The number of anilines is 1. The summed E-state index contributed by atoms with van der Waals surface area (Å²) in [5.41, 5.74) is 0.0733. The zero-order valence-electron chi connectivity index (χ0n) is 16.4. The number of carbonyl (C=O) groups is 2. The summed E-state index contributed by atoms with van der Waals surface area (Å²) >= 11 is 0. The van der Waals surface area contributed by atoms with Crippen LogP contribution < -0.4 is 15.4 Å². The minimum Gasteiger partial charge on any atom is -0.377 e. The second-order valence-electron chi connectivity index (χ2n) is 6.87.